The molecular formula is C15H33N3O. The van der Waals surface area contributed by atoms with Gasteiger partial charge in [-0.2, -0.15) is 0 Å². The lowest BCUT2D eigenvalue weighted by Gasteiger charge is -2.33. The van der Waals surface area contributed by atoms with E-state index in [0.717, 1.165) is 58.3 Å². The summed E-state index contributed by atoms with van der Waals surface area (Å²) < 4.78 is 5.81. The lowest BCUT2D eigenvalue weighted by Crippen LogP contribution is -2.48. The Balaban J connectivity index is 2.08. The quantitative estimate of drug-likeness (QED) is 0.618. The lowest BCUT2D eigenvalue weighted by atomic mass is 10.2. The molecule has 0 aromatic rings. The highest BCUT2D eigenvalue weighted by Gasteiger charge is 2.19. The van der Waals surface area contributed by atoms with Crippen LogP contribution >= 0.6 is 0 Å². The Morgan fingerprint density at radius 1 is 1.11 bits per heavy atom. The Morgan fingerprint density at radius 3 is 2.47 bits per heavy atom. The number of rotatable bonds is 9. The second kappa shape index (κ2) is 9.70. The first-order chi connectivity index (χ1) is 9.08. The molecule has 0 bridgehead atoms. The normalized spacial score (nSPS) is 21.5. The third kappa shape index (κ3) is 8.58. The molecule has 0 saturated carbocycles. The minimum Gasteiger partial charge on any atom is -0.374 e. The van der Waals surface area contributed by atoms with Crippen molar-refractivity contribution in [3.8, 4) is 0 Å². The molecule has 1 fully saturated rings. The first kappa shape index (κ1) is 16.9. The zero-order valence-electron chi connectivity index (χ0n) is 13.2. The predicted octanol–water partition coefficient (Wildman–Crippen LogP) is 1.18. The van der Waals surface area contributed by atoms with Crippen LogP contribution in [0.3, 0.4) is 0 Å². The van der Waals surface area contributed by atoms with Gasteiger partial charge in [0.15, 0.2) is 0 Å². The van der Waals surface area contributed by atoms with Crippen LogP contribution < -0.4 is 10.6 Å². The molecule has 0 radical (unpaired) electrons. The Labute approximate surface area is 119 Å². The highest BCUT2D eigenvalue weighted by Crippen LogP contribution is 2.04. The van der Waals surface area contributed by atoms with E-state index < -0.39 is 0 Å². The molecule has 0 amide bonds. The molecule has 19 heavy (non-hydrogen) atoms. The Hall–Kier alpha value is -0.160. The average molecular weight is 271 g/mol. The second-order valence-corrected chi connectivity index (χ2v) is 6.44. The molecule has 2 N–H and O–H groups in total. The number of hydrogen-bond acceptors (Lipinski definition) is 4. The first-order valence-electron chi connectivity index (χ1n) is 7.83. The second-order valence-electron chi connectivity index (χ2n) is 6.44. The molecule has 1 atom stereocenters. The molecule has 114 valence electrons. The van der Waals surface area contributed by atoms with Gasteiger partial charge in [-0.3, -0.25) is 4.90 Å². The number of nitrogens with one attached hydrogen (secondary N) is 2. The van der Waals surface area contributed by atoms with Gasteiger partial charge in [-0.1, -0.05) is 27.7 Å². The summed E-state index contributed by atoms with van der Waals surface area (Å²) >= 11 is 0. The SMILES string of the molecule is CC(C)CNCCN1CCO[C@@H](CNCC(C)C)C1. The zero-order valence-corrected chi connectivity index (χ0v) is 13.2. The minimum absolute atomic E-state index is 0.359. The summed E-state index contributed by atoms with van der Waals surface area (Å²) in [5.41, 5.74) is 0. The van der Waals surface area contributed by atoms with Gasteiger partial charge in [-0.15, -0.1) is 0 Å². The van der Waals surface area contributed by atoms with E-state index in [4.69, 9.17) is 4.74 Å². The van der Waals surface area contributed by atoms with Crippen LogP contribution in [-0.2, 0) is 4.74 Å². The summed E-state index contributed by atoms with van der Waals surface area (Å²) in [6.45, 7) is 17.4. The molecule has 0 unspecified atom stereocenters. The van der Waals surface area contributed by atoms with Crippen LogP contribution in [0, 0.1) is 11.8 Å². The van der Waals surface area contributed by atoms with Gasteiger partial charge < -0.3 is 15.4 Å². The van der Waals surface area contributed by atoms with E-state index in [-0.39, 0.29) is 0 Å². The Morgan fingerprint density at radius 2 is 1.79 bits per heavy atom. The smallest absolute Gasteiger partial charge is 0.0826 e. The van der Waals surface area contributed by atoms with Crippen LogP contribution in [0.15, 0.2) is 0 Å². The number of hydrogen-bond donors (Lipinski definition) is 2. The van der Waals surface area contributed by atoms with E-state index in [1.165, 1.54) is 0 Å². The molecule has 1 heterocycles. The van der Waals surface area contributed by atoms with Crippen molar-refractivity contribution in [2.45, 2.75) is 33.8 Å². The molecule has 0 spiro atoms. The number of nitrogens with zero attached hydrogens (tertiary/aromatic N) is 1. The van der Waals surface area contributed by atoms with Gasteiger partial charge >= 0.3 is 0 Å². The van der Waals surface area contributed by atoms with E-state index in [0.29, 0.717) is 12.0 Å². The van der Waals surface area contributed by atoms with E-state index in [1.807, 2.05) is 0 Å². The largest absolute Gasteiger partial charge is 0.374 e. The number of ether oxygens (including phenoxy) is 1. The lowest BCUT2D eigenvalue weighted by molar-refractivity contribution is -0.0267. The molecule has 0 aliphatic carbocycles. The van der Waals surface area contributed by atoms with Gasteiger partial charge in [0.25, 0.3) is 0 Å². The maximum Gasteiger partial charge on any atom is 0.0826 e. The van der Waals surface area contributed by atoms with E-state index >= 15 is 0 Å². The zero-order chi connectivity index (χ0) is 14.1. The van der Waals surface area contributed by atoms with Gasteiger partial charge in [0.05, 0.1) is 12.7 Å². The highest BCUT2D eigenvalue weighted by molar-refractivity contribution is 4.74. The van der Waals surface area contributed by atoms with Crippen LogP contribution in [0.4, 0.5) is 0 Å². The van der Waals surface area contributed by atoms with Crippen LogP contribution in [0.1, 0.15) is 27.7 Å². The van der Waals surface area contributed by atoms with Crippen LogP contribution in [-0.4, -0.2) is 63.4 Å². The van der Waals surface area contributed by atoms with Crippen LogP contribution in [0.25, 0.3) is 0 Å². The molecular weight excluding hydrogens is 238 g/mol. The summed E-state index contributed by atoms with van der Waals surface area (Å²) in [5.74, 6) is 1.44. The molecule has 4 heteroatoms. The molecule has 1 rings (SSSR count). The van der Waals surface area contributed by atoms with Gasteiger partial charge in [-0.25, -0.2) is 0 Å². The Bertz CT molecular complexity index is 221. The van der Waals surface area contributed by atoms with Crippen LogP contribution in [0.2, 0.25) is 0 Å². The topological polar surface area (TPSA) is 36.5 Å². The maximum absolute atomic E-state index is 5.81. The van der Waals surface area contributed by atoms with Crippen LogP contribution in [0.5, 0.6) is 0 Å². The number of morpholine rings is 1. The third-order valence-corrected chi connectivity index (χ3v) is 3.30. The summed E-state index contributed by atoms with van der Waals surface area (Å²) in [6, 6.07) is 0. The molecule has 0 aromatic heterocycles. The van der Waals surface area contributed by atoms with Gasteiger partial charge in [0.1, 0.15) is 0 Å². The summed E-state index contributed by atoms with van der Waals surface area (Å²) in [4.78, 5) is 2.51. The highest BCUT2D eigenvalue weighted by atomic mass is 16.5. The summed E-state index contributed by atoms with van der Waals surface area (Å²) in [5, 5.41) is 7.00. The minimum atomic E-state index is 0.359. The standard InChI is InChI=1S/C15H33N3O/c1-13(2)9-16-5-6-18-7-8-19-15(12-18)11-17-10-14(3)4/h13-17H,5-12H2,1-4H3/t15-/m0/s1. The fourth-order valence-corrected chi connectivity index (χ4v) is 2.27. The first-order valence-corrected chi connectivity index (χ1v) is 7.83. The predicted molar refractivity (Wildman–Crippen MR) is 81.6 cm³/mol. The van der Waals surface area contributed by atoms with Gasteiger partial charge in [-0.05, 0) is 24.9 Å². The van der Waals surface area contributed by atoms with E-state index in [1.54, 1.807) is 0 Å². The van der Waals surface area contributed by atoms with Crippen molar-refractivity contribution in [3.63, 3.8) is 0 Å². The molecule has 1 saturated heterocycles. The molecule has 0 aromatic carbocycles. The fraction of sp³-hybridized carbons (Fsp3) is 1.00. The van der Waals surface area contributed by atoms with Gasteiger partial charge in [0.2, 0.25) is 0 Å². The summed E-state index contributed by atoms with van der Waals surface area (Å²) in [6.07, 6.45) is 0.359. The van der Waals surface area contributed by atoms with Crippen molar-refractivity contribution in [1.29, 1.82) is 0 Å². The third-order valence-electron chi connectivity index (χ3n) is 3.30. The molecule has 1 aliphatic rings. The average Bonchev–Trinajstić information content (AvgIpc) is 2.34. The molecule has 4 nitrogen and oxygen atoms in total. The fourth-order valence-electron chi connectivity index (χ4n) is 2.27. The monoisotopic (exact) mass is 271 g/mol. The Kier molecular flexibility index (Phi) is 8.62. The van der Waals surface area contributed by atoms with Crippen molar-refractivity contribution >= 4 is 0 Å². The summed E-state index contributed by atoms with van der Waals surface area (Å²) in [7, 11) is 0. The van der Waals surface area contributed by atoms with E-state index in [9.17, 15) is 0 Å². The van der Waals surface area contributed by atoms with E-state index in [2.05, 4.69) is 43.2 Å². The molecule has 1 aliphatic heterocycles. The van der Waals surface area contributed by atoms with Crippen molar-refractivity contribution in [3.05, 3.63) is 0 Å². The van der Waals surface area contributed by atoms with Crippen molar-refractivity contribution in [2.24, 2.45) is 11.8 Å². The van der Waals surface area contributed by atoms with Gasteiger partial charge in [0, 0.05) is 32.7 Å². The van der Waals surface area contributed by atoms with Crippen molar-refractivity contribution in [2.75, 3.05) is 52.4 Å². The maximum atomic E-state index is 5.81. The van der Waals surface area contributed by atoms with Crippen molar-refractivity contribution in [1.82, 2.24) is 15.5 Å². The van der Waals surface area contributed by atoms with Crippen molar-refractivity contribution < 1.29 is 4.74 Å².